The first-order valence-corrected chi connectivity index (χ1v) is 10.3. The third kappa shape index (κ3) is 8.77. The van der Waals surface area contributed by atoms with Crippen LogP contribution in [0.1, 0.15) is 18.9 Å². The molecule has 26 heavy (non-hydrogen) atoms. The number of likely N-dealkylation sites (tertiary alicyclic amines) is 1. The lowest BCUT2D eigenvalue weighted by atomic mass is 10.1. The zero-order valence-electron chi connectivity index (χ0n) is 15.7. The second-order valence-electron chi connectivity index (χ2n) is 6.20. The number of rotatable bonds is 10. The van der Waals surface area contributed by atoms with Gasteiger partial charge in [0.05, 0.1) is 19.8 Å². The summed E-state index contributed by atoms with van der Waals surface area (Å²) in [6.45, 7) is 11.2. The van der Waals surface area contributed by atoms with Crippen LogP contribution in [0.2, 0.25) is 0 Å². The summed E-state index contributed by atoms with van der Waals surface area (Å²) in [7, 11) is 0. The number of hydrogen-bond acceptors (Lipinski definition) is 3. The van der Waals surface area contributed by atoms with Crippen LogP contribution in [0.3, 0.4) is 0 Å². The molecule has 1 saturated heterocycles. The molecule has 0 amide bonds. The fraction of sp³-hybridized carbons (Fsp3) is 0.550. The van der Waals surface area contributed by atoms with E-state index in [1.54, 1.807) is 0 Å². The number of ether oxygens (including phenoxy) is 1. The number of benzene rings is 1. The molecule has 6 heteroatoms. The largest absolute Gasteiger partial charge is 0.376 e. The van der Waals surface area contributed by atoms with E-state index >= 15 is 0 Å². The normalized spacial score (nSPS) is 17.0. The lowest BCUT2D eigenvalue weighted by Crippen LogP contribution is -2.40. The first kappa shape index (κ1) is 23.3. The number of halogens is 1. The van der Waals surface area contributed by atoms with Crippen molar-refractivity contribution in [2.45, 2.75) is 20.0 Å². The van der Waals surface area contributed by atoms with Crippen molar-refractivity contribution in [2.24, 2.45) is 10.9 Å². The monoisotopic (exact) mass is 489 g/mol. The summed E-state index contributed by atoms with van der Waals surface area (Å²) in [5.41, 5.74) is 1.24. The molecule has 4 nitrogen and oxygen atoms in total. The zero-order valence-corrected chi connectivity index (χ0v) is 18.9. The van der Waals surface area contributed by atoms with Gasteiger partial charge in [0.25, 0.3) is 0 Å². The van der Waals surface area contributed by atoms with Crippen LogP contribution in [0, 0.1) is 5.92 Å². The van der Waals surface area contributed by atoms with Gasteiger partial charge < -0.3 is 15.0 Å². The molecule has 0 aromatic heterocycles. The molecule has 1 aliphatic heterocycles. The maximum Gasteiger partial charge on any atom is 0.193 e. The first-order chi connectivity index (χ1) is 12.3. The molecule has 2 rings (SSSR count). The molecule has 1 heterocycles. The van der Waals surface area contributed by atoms with Gasteiger partial charge in [-0.3, -0.25) is 4.99 Å². The molecular formula is C20H32IN3OS. The quantitative estimate of drug-likeness (QED) is 0.177. The van der Waals surface area contributed by atoms with Gasteiger partial charge in [0.15, 0.2) is 5.96 Å². The van der Waals surface area contributed by atoms with E-state index in [0.717, 1.165) is 50.3 Å². The van der Waals surface area contributed by atoms with Crippen molar-refractivity contribution in [2.75, 3.05) is 44.3 Å². The maximum atomic E-state index is 5.92. The van der Waals surface area contributed by atoms with Crippen LogP contribution in [0.5, 0.6) is 0 Å². The van der Waals surface area contributed by atoms with Gasteiger partial charge >= 0.3 is 0 Å². The Kier molecular flexibility index (Phi) is 12.9. The fourth-order valence-corrected chi connectivity index (χ4v) is 3.44. The summed E-state index contributed by atoms with van der Waals surface area (Å²) >= 11 is 1.87. The summed E-state index contributed by atoms with van der Waals surface area (Å²) in [6.07, 6.45) is 3.12. The van der Waals surface area contributed by atoms with E-state index in [0.29, 0.717) is 12.5 Å². The molecule has 0 aliphatic carbocycles. The van der Waals surface area contributed by atoms with E-state index in [4.69, 9.17) is 9.73 Å². The number of aliphatic imine (C=N–C) groups is 1. The second kappa shape index (κ2) is 14.3. The van der Waals surface area contributed by atoms with E-state index < -0.39 is 0 Å². The minimum Gasteiger partial charge on any atom is -0.376 e. The van der Waals surface area contributed by atoms with Gasteiger partial charge in [-0.25, -0.2) is 0 Å². The fourth-order valence-electron chi connectivity index (χ4n) is 2.89. The molecule has 1 N–H and O–H groups in total. The van der Waals surface area contributed by atoms with Gasteiger partial charge in [-0.05, 0) is 18.9 Å². The minimum atomic E-state index is 0. The molecule has 0 radical (unpaired) electrons. The summed E-state index contributed by atoms with van der Waals surface area (Å²) in [6, 6.07) is 10.4. The predicted molar refractivity (Wildman–Crippen MR) is 125 cm³/mol. The number of guanidine groups is 1. The van der Waals surface area contributed by atoms with E-state index in [1.807, 2.05) is 23.9 Å². The average Bonchev–Trinajstić information content (AvgIpc) is 3.10. The molecule has 1 aromatic rings. The Balaban J connectivity index is 0.00000338. The zero-order chi connectivity index (χ0) is 17.7. The highest BCUT2D eigenvalue weighted by Gasteiger charge is 2.24. The molecule has 1 aromatic carbocycles. The Morgan fingerprint density at radius 3 is 2.96 bits per heavy atom. The number of hydrogen-bond donors (Lipinski definition) is 1. The minimum absolute atomic E-state index is 0. The van der Waals surface area contributed by atoms with Crippen molar-refractivity contribution in [3.63, 3.8) is 0 Å². The van der Waals surface area contributed by atoms with Gasteiger partial charge in [0.1, 0.15) is 0 Å². The summed E-state index contributed by atoms with van der Waals surface area (Å²) in [5.74, 6) is 3.67. The van der Waals surface area contributed by atoms with E-state index in [9.17, 15) is 0 Å². The van der Waals surface area contributed by atoms with Crippen molar-refractivity contribution in [1.82, 2.24) is 10.2 Å². The second-order valence-corrected chi connectivity index (χ2v) is 7.35. The molecule has 1 unspecified atom stereocenters. The molecule has 146 valence electrons. The smallest absolute Gasteiger partial charge is 0.193 e. The lowest BCUT2D eigenvalue weighted by molar-refractivity contribution is 0.0907. The van der Waals surface area contributed by atoms with Gasteiger partial charge in [0, 0.05) is 37.1 Å². The SMILES string of the molecule is C=CCSCCN=C(NCC)N1CCC(COCc2ccccc2)C1.I. The van der Waals surface area contributed by atoms with Crippen LogP contribution >= 0.6 is 35.7 Å². The van der Waals surface area contributed by atoms with E-state index in [-0.39, 0.29) is 24.0 Å². The average molecular weight is 489 g/mol. The standard InChI is InChI=1S/C20H31N3OS.HI/c1-3-13-25-14-11-22-20(21-4-2)23-12-10-19(15-23)17-24-16-18-8-6-5-7-9-18;/h3,5-9,19H,1,4,10-17H2,2H3,(H,21,22);1H. The van der Waals surface area contributed by atoms with Crippen molar-refractivity contribution in [3.8, 4) is 0 Å². The molecule has 0 saturated carbocycles. The Bertz CT molecular complexity index is 527. The summed E-state index contributed by atoms with van der Waals surface area (Å²) in [5, 5.41) is 3.42. The topological polar surface area (TPSA) is 36.9 Å². The number of nitrogens with zero attached hydrogens (tertiary/aromatic N) is 2. The van der Waals surface area contributed by atoms with Crippen LogP contribution in [0.4, 0.5) is 0 Å². The Hall–Kier alpha value is -0.730. The first-order valence-electron chi connectivity index (χ1n) is 9.17. The summed E-state index contributed by atoms with van der Waals surface area (Å²) < 4.78 is 5.92. The van der Waals surface area contributed by atoms with Crippen LogP contribution in [-0.4, -0.2) is 55.2 Å². The van der Waals surface area contributed by atoms with Crippen molar-refractivity contribution in [1.29, 1.82) is 0 Å². The Morgan fingerprint density at radius 2 is 2.23 bits per heavy atom. The highest BCUT2D eigenvalue weighted by molar-refractivity contribution is 14.0. The number of nitrogens with one attached hydrogen (secondary N) is 1. The molecule has 1 atom stereocenters. The highest BCUT2D eigenvalue weighted by atomic mass is 127. The van der Waals surface area contributed by atoms with Crippen LogP contribution < -0.4 is 5.32 Å². The van der Waals surface area contributed by atoms with Gasteiger partial charge in [-0.1, -0.05) is 36.4 Å². The summed E-state index contributed by atoms with van der Waals surface area (Å²) in [4.78, 5) is 7.14. The third-order valence-electron chi connectivity index (χ3n) is 4.12. The Morgan fingerprint density at radius 1 is 1.42 bits per heavy atom. The molecule has 1 aliphatic rings. The highest BCUT2D eigenvalue weighted by Crippen LogP contribution is 2.17. The number of thioether (sulfide) groups is 1. The van der Waals surface area contributed by atoms with Crippen LogP contribution in [-0.2, 0) is 11.3 Å². The third-order valence-corrected chi connectivity index (χ3v) is 5.06. The van der Waals surface area contributed by atoms with Crippen molar-refractivity contribution < 1.29 is 4.74 Å². The van der Waals surface area contributed by atoms with Gasteiger partial charge in [0.2, 0.25) is 0 Å². The maximum absolute atomic E-state index is 5.92. The molecule has 0 spiro atoms. The van der Waals surface area contributed by atoms with Crippen LogP contribution in [0.15, 0.2) is 48.0 Å². The van der Waals surface area contributed by atoms with Crippen molar-refractivity contribution in [3.05, 3.63) is 48.6 Å². The van der Waals surface area contributed by atoms with E-state index in [2.05, 4.69) is 48.0 Å². The van der Waals surface area contributed by atoms with Gasteiger partial charge in [-0.2, -0.15) is 11.8 Å². The van der Waals surface area contributed by atoms with Crippen molar-refractivity contribution >= 4 is 41.7 Å². The van der Waals surface area contributed by atoms with Crippen LogP contribution in [0.25, 0.3) is 0 Å². The molecule has 1 fully saturated rings. The predicted octanol–water partition coefficient (Wildman–Crippen LogP) is 4.03. The lowest BCUT2D eigenvalue weighted by Gasteiger charge is -2.21. The van der Waals surface area contributed by atoms with Gasteiger partial charge in [-0.15, -0.1) is 30.6 Å². The molecule has 0 bridgehead atoms. The van der Waals surface area contributed by atoms with E-state index in [1.165, 1.54) is 12.0 Å². The Labute approximate surface area is 179 Å². The molecular weight excluding hydrogens is 457 g/mol.